The summed E-state index contributed by atoms with van der Waals surface area (Å²) in [4.78, 5) is 16.8. The van der Waals surface area contributed by atoms with Gasteiger partial charge in [-0.2, -0.15) is 5.10 Å². The smallest absolute Gasteiger partial charge is 0.264 e. The topological polar surface area (TPSA) is 52.7 Å². The van der Waals surface area contributed by atoms with Crippen LogP contribution in [0.4, 0.5) is 0 Å². The van der Waals surface area contributed by atoms with Gasteiger partial charge >= 0.3 is 0 Å². The minimum atomic E-state index is -0.0540. The van der Waals surface area contributed by atoms with Gasteiger partial charge in [0.05, 0.1) is 18.2 Å². The molecule has 0 aliphatic rings. The Morgan fingerprint density at radius 1 is 1.33 bits per heavy atom. The molecule has 5 nitrogen and oxygen atoms in total. The van der Waals surface area contributed by atoms with Gasteiger partial charge in [0.1, 0.15) is 5.39 Å². The van der Waals surface area contributed by atoms with Gasteiger partial charge in [-0.25, -0.2) is 9.67 Å². The molecular weight excluding hydrogens is 288 g/mol. The number of aromatic nitrogens is 4. The number of rotatable bonds is 4. The van der Waals surface area contributed by atoms with E-state index in [9.17, 15) is 4.79 Å². The zero-order valence-electron chi connectivity index (χ0n) is 11.7. The average molecular weight is 303 g/mol. The van der Waals surface area contributed by atoms with E-state index < -0.39 is 0 Å². The molecule has 1 aromatic carbocycles. The van der Waals surface area contributed by atoms with Gasteiger partial charge in [0.2, 0.25) is 0 Å². The number of benzene rings is 1. The molecule has 0 atom stereocenters. The van der Waals surface area contributed by atoms with Crippen LogP contribution >= 0.6 is 11.6 Å². The van der Waals surface area contributed by atoms with Crippen LogP contribution < -0.4 is 5.56 Å². The van der Waals surface area contributed by atoms with Crippen LogP contribution in [0, 0.1) is 0 Å². The molecular formula is C15H15ClN4O. The van der Waals surface area contributed by atoms with E-state index >= 15 is 0 Å². The first kappa shape index (κ1) is 13.8. The predicted molar refractivity (Wildman–Crippen MR) is 83.0 cm³/mol. The van der Waals surface area contributed by atoms with Gasteiger partial charge in [0.25, 0.3) is 5.56 Å². The molecule has 0 unspecified atom stereocenters. The molecule has 0 aliphatic carbocycles. The second-order valence-electron chi connectivity index (χ2n) is 4.87. The summed E-state index contributed by atoms with van der Waals surface area (Å²) < 4.78 is 3.27. The lowest BCUT2D eigenvalue weighted by Crippen LogP contribution is -2.20. The van der Waals surface area contributed by atoms with Crippen molar-refractivity contribution in [3.63, 3.8) is 0 Å². The van der Waals surface area contributed by atoms with E-state index in [1.54, 1.807) is 33.9 Å². The van der Waals surface area contributed by atoms with Crippen molar-refractivity contribution >= 4 is 22.6 Å². The van der Waals surface area contributed by atoms with E-state index in [4.69, 9.17) is 11.6 Å². The van der Waals surface area contributed by atoms with Crippen molar-refractivity contribution in [2.75, 3.05) is 0 Å². The fraction of sp³-hybridized carbons (Fsp3) is 0.267. The Kier molecular flexibility index (Phi) is 3.75. The van der Waals surface area contributed by atoms with Crippen molar-refractivity contribution < 1.29 is 0 Å². The van der Waals surface area contributed by atoms with Crippen LogP contribution in [0.2, 0.25) is 5.02 Å². The first-order valence-corrected chi connectivity index (χ1v) is 7.27. The van der Waals surface area contributed by atoms with E-state index in [1.165, 1.54) is 0 Å². The van der Waals surface area contributed by atoms with E-state index in [0.717, 1.165) is 18.5 Å². The van der Waals surface area contributed by atoms with E-state index in [-0.39, 0.29) is 5.56 Å². The van der Waals surface area contributed by atoms with Crippen LogP contribution in [0.25, 0.3) is 16.7 Å². The Hall–Kier alpha value is -2.14. The molecule has 0 saturated carbocycles. The first-order valence-electron chi connectivity index (χ1n) is 6.90. The van der Waals surface area contributed by atoms with Crippen LogP contribution in [-0.4, -0.2) is 19.3 Å². The van der Waals surface area contributed by atoms with Crippen LogP contribution in [0.1, 0.15) is 19.8 Å². The Morgan fingerprint density at radius 2 is 2.19 bits per heavy atom. The standard InChI is InChI=1S/C15H15ClN4O/c1-2-3-7-19-10-17-14-13(15(19)21)9-18-20(14)12-6-4-5-11(16)8-12/h4-6,8-10H,2-3,7H2,1H3. The number of halogens is 1. The summed E-state index contributed by atoms with van der Waals surface area (Å²) in [7, 11) is 0. The van der Waals surface area contributed by atoms with Gasteiger partial charge in [0, 0.05) is 11.6 Å². The van der Waals surface area contributed by atoms with Gasteiger partial charge in [-0.15, -0.1) is 0 Å². The summed E-state index contributed by atoms with van der Waals surface area (Å²) in [6.45, 7) is 2.77. The summed E-state index contributed by atoms with van der Waals surface area (Å²) in [5.41, 5.74) is 1.28. The lowest BCUT2D eigenvalue weighted by molar-refractivity contribution is 0.608. The van der Waals surface area contributed by atoms with Gasteiger partial charge in [-0.05, 0) is 24.6 Å². The molecule has 3 aromatic rings. The monoisotopic (exact) mass is 302 g/mol. The van der Waals surface area contributed by atoms with Gasteiger partial charge in [-0.3, -0.25) is 9.36 Å². The minimum absolute atomic E-state index is 0.0540. The second-order valence-corrected chi connectivity index (χ2v) is 5.31. The van der Waals surface area contributed by atoms with E-state index in [2.05, 4.69) is 17.0 Å². The number of aryl methyl sites for hydroxylation is 1. The number of nitrogens with zero attached hydrogens (tertiary/aromatic N) is 4. The molecule has 6 heteroatoms. The van der Waals surface area contributed by atoms with Crippen molar-refractivity contribution in [1.29, 1.82) is 0 Å². The Labute approximate surface area is 126 Å². The Morgan fingerprint density at radius 3 is 2.95 bits per heavy atom. The zero-order valence-corrected chi connectivity index (χ0v) is 12.4. The third-order valence-electron chi connectivity index (χ3n) is 3.36. The predicted octanol–water partition coefficient (Wildman–Crippen LogP) is 3.04. The van der Waals surface area contributed by atoms with E-state index in [0.29, 0.717) is 22.6 Å². The van der Waals surface area contributed by atoms with Gasteiger partial charge < -0.3 is 0 Å². The lowest BCUT2D eigenvalue weighted by atomic mass is 10.3. The Bertz CT molecular complexity index is 837. The average Bonchev–Trinajstić information content (AvgIpc) is 2.91. The highest BCUT2D eigenvalue weighted by atomic mass is 35.5. The van der Waals surface area contributed by atoms with Crippen molar-refractivity contribution in [3.05, 3.63) is 52.2 Å². The molecule has 0 spiro atoms. The van der Waals surface area contributed by atoms with Crippen molar-refractivity contribution in [3.8, 4) is 5.69 Å². The van der Waals surface area contributed by atoms with Crippen LogP contribution in [0.5, 0.6) is 0 Å². The summed E-state index contributed by atoms with van der Waals surface area (Å²) in [6, 6.07) is 7.30. The third kappa shape index (κ3) is 2.56. The molecule has 0 fully saturated rings. The molecule has 0 saturated heterocycles. The largest absolute Gasteiger partial charge is 0.299 e. The summed E-state index contributed by atoms with van der Waals surface area (Å²) in [6.07, 6.45) is 5.14. The molecule has 0 radical (unpaired) electrons. The highest BCUT2D eigenvalue weighted by Gasteiger charge is 2.11. The molecule has 0 bridgehead atoms. The van der Waals surface area contributed by atoms with Crippen LogP contribution in [0.15, 0.2) is 41.6 Å². The Balaban J connectivity index is 2.11. The highest BCUT2D eigenvalue weighted by Crippen LogP contribution is 2.17. The lowest BCUT2D eigenvalue weighted by Gasteiger charge is -2.05. The zero-order chi connectivity index (χ0) is 14.8. The summed E-state index contributed by atoms with van der Waals surface area (Å²) in [5.74, 6) is 0. The number of unbranched alkanes of at least 4 members (excludes halogenated alkanes) is 1. The van der Waals surface area contributed by atoms with Crippen molar-refractivity contribution in [2.24, 2.45) is 0 Å². The molecule has 3 rings (SSSR count). The van der Waals surface area contributed by atoms with Crippen molar-refractivity contribution in [1.82, 2.24) is 19.3 Å². The maximum absolute atomic E-state index is 12.4. The molecule has 0 amide bonds. The van der Waals surface area contributed by atoms with Crippen LogP contribution in [0.3, 0.4) is 0 Å². The van der Waals surface area contributed by atoms with Crippen molar-refractivity contribution in [2.45, 2.75) is 26.3 Å². The molecule has 21 heavy (non-hydrogen) atoms. The number of hydrogen-bond donors (Lipinski definition) is 0. The van der Waals surface area contributed by atoms with E-state index in [1.807, 2.05) is 12.1 Å². The van der Waals surface area contributed by atoms with Crippen LogP contribution in [-0.2, 0) is 6.54 Å². The summed E-state index contributed by atoms with van der Waals surface area (Å²) >= 11 is 6.00. The highest BCUT2D eigenvalue weighted by molar-refractivity contribution is 6.30. The maximum atomic E-state index is 12.4. The van der Waals surface area contributed by atoms with Gasteiger partial charge in [-0.1, -0.05) is 31.0 Å². The molecule has 2 heterocycles. The fourth-order valence-electron chi connectivity index (χ4n) is 2.23. The molecule has 2 aromatic heterocycles. The summed E-state index contributed by atoms with van der Waals surface area (Å²) in [5, 5.41) is 5.41. The maximum Gasteiger partial charge on any atom is 0.264 e. The first-order chi connectivity index (χ1) is 10.2. The SMILES string of the molecule is CCCCn1cnc2c(cnn2-c2cccc(Cl)c2)c1=O. The third-order valence-corrected chi connectivity index (χ3v) is 3.59. The van der Waals surface area contributed by atoms with Gasteiger partial charge in [0.15, 0.2) is 5.65 Å². The minimum Gasteiger partial charge on any atom is -0.299 e. The quantitative estimate of drug-likeness (QED) is 0.744. The molecule has 0 N–H and O–H groups in total. The molecule has 0 aliphatic heterocycles. The molecule has 108 valence electrons. The number of hydrogen-bond acceptors (Lipinski definition) is 3. The number of fused-ring (bicyclic) bond motifs is 1. The fourth-order valence-corrected chi connectivity index (χ4v) is 2.42. The normalized spacial score (nSPS) is 11.1. The second kappa shape index (κ2) is 5.69.